The molecule has 2 rings (SSSR count). The molecule has 0 spiro atoms. The van der Waals surface area contributed by atoms with E-state index >= 15 is 0 Å². The Morgan fingerprint density at radius 1 is 1.33 bits per heavy atom. The fraction of sp³-hybridized carbons (Fsp3) is 0.500. The molecule has 0 heterocycles. The van der Waals surface area contributed by atoms with Gasteiger partial charge in [0.2, 0.25) is 0 Å². The van der Waals surface area contributed by atoms with E-state index in [1.54, 1.807) is 0 Å². The Bertz CT molecular complexity index is 430. The van der Waals surface area contributed by atoms with Crippen LogP contribution in [0.1, 0.15) is 30.9 Å². The second-order valence-corrected chi connectivity index (χ2v) is 4.46. The second-order valence-electron chi connectivity index (χ2n) is 4.46. The van der Waals surface area contributed by atoms with Crippen molar-refractivity contribution in [3.05, 3.63) is 23.8 Å². The minimum atomic E-state index is -4.82. The van der Waals surface area contributed by atoms with Crippen LogP contribution in [0.5, 0.6) is 11.5 Å². The monoisotopic (exact) mass is 261 g/mol. The lowest BCUT2D eigenvalue weighted by Crippen LogP contribution is -2.27. The number of phenolic OH excluding ortho intramolecular Hbond substituents is 1. The molecule has 0 aliphatic heterocycles. The molecule has 3 nitrogen and oxygen atoms in total. The summed E-state index contributed by atoms with van der Waals surface area (Å²) in [5.74, 6) is -0.902. The van der Waals surface area contributed by atoms with E-state index in [0.29, 0.717) is 5.56 Å². The molecular weight excluding hydrogens is 247 g/mol. The zero-order valence-electron chi connectivity index (χ0n) is 9.57. The molecule has 1 aliphatic carbocycles. The molecule has 1 aromatic carbocycles. The largest absolute Gasteiger partial charge is 0.573 e. The number of rotatable bonds is 3. The van der Waals surface area contributed by atoms with Crippen molar-refractivity contribution in [2.75, 3.05) is 0 Å². The quantitative estimate of drug-likeness (QED) is 0.879. The summed E-state index contributed by atoms with van der Waals surface area (Å²) in [4.78, 5) is 0. The summed E-state index contributed by atoms with van der Waals surface area (Å²) in [5, 5.41) is 9.79. The molecule has 1 aliphatic rings. The van der Waals surface area contributed by atoms with Gasteiger partial charge in [-0.3, -0.25) is 0 Å². The highest BCUT2D eigenvalue weighted by molar-refractivity contribution is 5.47. The first-order valence-electron chi connectivity index (χ1n) is 5.71. The molecular formula is C12H14F3NO2. The third-order valence-corrected chi connectivity index (χ3v) is 3.27. The van der Waals surface area contributed by atoms with Crippen molar-refractivity contribution < 1.29 is 23.0 Å². The summed E-state index contributed by atoms with van der Waals surface area (Å²) in [6.07, 6.45) is -1.88. The highest BCUT2D eigenvalue weighted by Crippen LogP contribution is 2.42. The average Bonchev–Trinajstić information content (AvgIpc) is 2.16. The van der Waals surface area contributed by atoms with Crippen molar-refractivity contribution in [2.45, 2.75) is 31.7 Å². The summed E-state index contributed by atoms with van der Waals surface area (Å²) in [6.45, 7) is 0. The molecule has 0 amide bonds. The Balaban J connectivity index is 2.23. The van der Waals surface area contributed by atoms with E-state index < -0.39 is 23.9 Å². The molecule has 100 valence electrons. The minimum absolute atomic E-state index is 0.219. The lowest BCUT2D eigenvalue weighted by molar-refractivity contribution is -0.275. The standard InChI is InChI=1S/C12H14F3NO2/c13-12(14,15)18-9-6-2-5-8(11(9)17)10(16)7-3-1-4-7/h2,5-7,10,17H,1,3-4,16H2/t10-/m0/s1. The van der Waals surface area contributed by atoms with Crippen LogP contribution in [-0.4, -0.2) is 11.5 Å². The van der Waals surface area contributed by atoms with Gasteiger partial charge in [-0.25, -0.2) is 0 Å². The Hall–Kier alpha value is -1.43. The van der Waals surface area contributed by atoms with Gasteiger partial charge in [0.25, 0.3) is 0 Å². The number of hydrogen-bond donors (Lipinski definition) is 2. The summed E-state index contributed by atoms with van der Waals surface area (Å²) in [6, 6.07) is 3.55. The Labute approximate surface area is 102 Å². The van der Waals surface area contributed by atoms with Gasteiger partial charge in [-0.1, -0.05) is 18.6 Å². The van der Waals surface area contributed by atoms with Crippen LogP contribution >= 0.6 is 0 Å². The van der Waals surface area contributed by atoms with Crippen molar-refractivity contribution in [3.63, 3.8) is 0 Å². The number of alkyl halides is 3. The smallest absolute Gasteiger partial charge is 0.504 e. The van der Waals surface area contributed by atoms with E-state index in [0.717, 1.165) is 25.3 Å². The number of halogens is 3. The van der Waals surface area contributed by atoms with E-state index in [4.69, 9.17) is 5.73 Å². The predicted octanol–water partition coefficient (Wildman–Crippen LogP) is 3.09. The number of benzene rings is 1. The van der Waals surface area contributed by atoms with Gasteiger partial charge in [-0.2, -0.15) is 0 Å². The van der Waals surface area contributed by atoms with Crippen LogP contribution in [0.2, 0.25) is 0 Å². The number of para-hydroxylation sites is 1. The molecule has 1 fully saturated rings. The van der Waals surface area contributed by atoms with Gasteiger partial charge in [0.05, 0.1) is 0 Å². The van der Waals surface area contributed by atoms with E-state index in [1.807, 2.05) is 0 Å². The Morgan fingerprint density at radius 2 is 2.00 bits per heavy atom. The van der Waals surface area contributed by atoms with Gasteiger partial charge in [0.1, 0.15) is 0 Å². The van der Waals surface area contributed by atoms with E-state index in [9.17, 15) is 18.3 Å². The van der Waals surface area contributed by atoms with Crippen molar-refractivity contribution in [3.8, 4) is 11.5 Å². The SMILES string of the molecule is N[C@H](c1cccc(OC(F)(F)F)c1O)C1CCC1. The highest BCUT2D eigenvalue weighted by Gasteiger charge is 2.34. The molecule has 18 heavy (non-hydrogen) atoms. The van der Waals surface area contributed by atoms with Crippen LogP contribution in [0.3, 0.4) is 0 Å². The normalized spacial score (nSPS) is 18.2. The molecule has 0 bridgehead atoms. The summed E-state index contributed by atoms with van der Waals surface area (Å²) in [5.41, 5.74) is 6.24. The van der Waals surface area contributed by atoms with E-state index in [2.05, 4.69) is 4.74 Å². The zero-order chi connectivity index (χ0) is 13.3. The Morgan fingerprint density at radius 3 is 2.50 bits per heavy atom. The molecule has 3 N–H and O–H groups in total. The van der Waals surface area contributed by atoms with Gasteiger partial charge < -0.3 is 15.6 Å². The fourth-order valence-corrected chi connectivity index (χ4v) is 2.07. The molecule has 0 radical (unpaired) electrons. The van der Waals surface area contributed by atoms with Crippen LogP contribution in [0.15, 0.2) is 18.2 Å². The van der Waals surface area contributed by atoms with Crippen LogP contribution in [0.4, 0.5) is 13.2 Å². The number of phenols is 1. The molecule has 0 saturated heterocycles. The van der Waals surface area contributed by atoms with Gasteiger partial charge in [0.15, 0.2) is 11.5 Å². The number of ether oxygens (including phenoxy) is 1. The number of hydrogen-bond acceptors (Lipinski definition) is 3. The molecule has 1 saturated carbocycles. The van der Waals surface area contributed by atoms with Crippen LogP contribution in [-0.2, 0) is 0 Å². The molecule has 6 heteroatoms. The second kappa shape index (κ2) is 4.68. The summed E-state index contributed by atoms with van der Waals surface area (Å²) >= 11 is 0. The summed E-state index contributed by atoms with van der Waals surface area (Å²) in [7, 11) is 0. The predicted molar refractivity (Wildman–Crippen MR) is 59.1 cm³/mol. The lowest BCUT2D eigenvalue weighted by Gasteiger charge is -2.32. The third-order valence-electron chi connectivity index (χ3n) is 3.27. The van der Waals surface area contributed by atoms with Gasteiger partial charge >= 0.3 is 6.36 Å². The first-order chi connectivity index (χ1) is 8.38. The van der Waals surface area contributed by atoms with E-state index in [-0.39, 0.29) is 5.92 Å². The van der Waals surface area contributed by atoms with Crippen LogP contribution in [0.25, 0.3) is 0 Å². The average molecular weight is 261 g/mol. The first-order valence-corrected chi connectivity index (χ1v) is 5.71. The Kier molecular flexibility index (Phi) is 3.38. The topological polar surface area (TPSA) is 55.5 Å². The summed E-state index contributed by atoms with van der Waals surface area (Å²) < 4.78 is 40.1. The first kappa shape index (κ1) is 13.0. The molecule has 0 unspecified atom stereocenters. The van der Waals surface area contributed by atoms with Crippen molar-refractivity contribution in [1.82, 2.24) is 0 Å². The molecule has 1 aromatic rings. The van der Waals surface area contributed by atoms with Crippen molar-refractivity contribution in [2.24, 2.45) is 11.7 Å². The van der Waals surface area contributed by atoms with Crippen LogP contribution in [0, 0.1) is 5.92 Å². The van der Waals surface area contributed by atoms with Crippen LogP contribution < -0.4 is 10.5 Å². The maximum absolute atomic E-state index is 12.1. The lowest BCUT2D eigenvalue weighted by atomic mass is 9.77. The number of nitrogens with two attached hydrogens (primary N) is 1. The number of aromatic hydroxyl groups is 1. The van der Waals surface area contributed by atoms with Crippen molar-refractivity contribution >= 4 is 0 Å². The molecule has 0 aromatic heterocycles. The maximum Gasteiger partial charge on any atom is 0.573 e. The van der Waals surface area contributed by atoms with Gasteiger partial charge in [0, 0.05) is 11.6 Å². The van der Waals surface area contributed by atoms with Crippen molar-refractivity contribution in [1.29, 1.82) is 0 Å². The maximum atomic E-state index is 12.1. The molecule has 1 atom stereocenters. The van der Waals surface area contributed by atoms with Gasteiger partial charge in [-0.05, 0) is 24.8 Å². The third kappa shape index (κ3) is 2.69. The zero-order valence-corrected chi connectivity index (χ0v) is 9.57. The minimum Gasteiger partial charge on any atom is -0.504 e. The van der Waals surface area contributed by atoms with E-state index in [1.165, 1.54) is 12.1 Å². The fourth-order valence-electron chi connectivity index (χ4n) is 2.07. The highest BCUT2D eigenvalue weighted by atomic mass is 19.4. The van der Waals surface area contributed by atoms with Gasteiger partial charge in [-0.15, -0.1) is 13.2 Å².